The van der Waals surface area contributed by atoms with E-state index in [9.17, 15) is 4.79 Å². The van der Waals surface area contributed by atoms with Crippen molar-refractivity contribution in [3.63, 3.8) is 0 Å². The topological polar surface area (TPSA) is 46.3 Å². The van der Waals surface area contributed by atoms with Crippen LogP contribution in [0.4, 0.5) is 0 Å². The van der Waals surface area contributed by atoms with Gasteiger partial charge in [0.1, 0.15) is 4.99 Å². The highest BCUT2D eigenvalue weighted by molar-refractivity contribution is 7.80. The summed E-state index contributed by atoms with van der Waals surface area (Å²) in [6.45, 7) is 1.46. The fourth-order valence-corrected chi connectivity index (χ4v) is 2.17. The van der Waals surface area contributed by atoms with E-state index in [-0.39, 0.29) is 5.91 Å². The summed E-state index contributed by atoms with van der Waals surface area (Å²) in [6.07, 6.45) is 1.61. The summed E-state index contributed by atoms with van der Waals surface area (Å²) in [4.78, 5) is 13.8. The normalized spacial score (nSPS) is 15.5. The van der Waals surface area contributed by atoms with Gasteiger partial charge in [0.2, 0.25) is 5.91 Å². The lowest BCUT2D eigenvalue weighted by Crippen LogP contribution is -2.25. The van der Waals surface area contributed by atoms with Crippen LogP contribution in [0.25, 0.3) is 0 Å². The zero-order valence-electron chi connectivity index (χ0n) is 8.98. The molecule has 0 saturated carbocycles. The minimum atomic E-state index is 0.220. The molecule has 0 bridgehead atoms. The van der Waals surface area contributed by atoms with Gasteiger partial charge in [-0.2, -0.15) is 0 Å². The molecule has 0 aromatic heterocycles. The molecule has 0 unspecified atom stereocenters. The van der Waals surface area contributed by atoms with Gasteiger partial charge in [-0.05, 0) is 12.0 Å². The van der Waals surface area contributed by atoms with Crippen LogP contribution in [0.2, 0.25) is 0 Å². The van der Waals surface area contributed by atoms with E-state index in [1.807, 2.05) is 29.2 Å². The SMILES string of the molecule is NC(=S)c1ccccc1CN1CCCC1=O. The molecule has 1 aliphatic heterocycles. The van der Waals surface area contributed by atoms with Gasteiger partial charge in [0.05, 0.1) is 0 Å². The number of hydrogen-bond donors (Lipinski definition) is 1. The van der Waals surface area contributed by atoms with Crippen molar-refractivity contribution in [1.82, 2.24) is 4.90 Å². The molecular weight excluding hydrogens is 220 g/mol. The Morgan fingerprint density at radius 3 is 2.81 bits per heavy atom. The first-order chi connectivity index (χ1) is 7.68. The van der Waals surface area contributed by atoms with Crippen molar-refractivity contribution < 1.29 is 4.79 Å². The third-order valence-electron chi connectivity index (χ3n) is 2.82. The molecule has 4 heteroatoms. The number of rotatable bonds is 3. The number of thiocarbonyl (C=S) groups is 1. The first-order valence-corrected chi connectivity index (χ1v) is 5.75. The Morgan fingerprint density at radius 1 is 1.44 bits per heavy atom. The summed E-state index contributed by atoms with van der Waals surface area (Å²) in [7, 11) is 0. The van der Waals surface area contributed by atoms with Gasteiger partial charge < -0.3 is 10.6 Å². The van der Waals surface area contributed by atoms with Gasteiger partial charge in [0.15, 0.2) is 0 Å². The van der Waals surface area contributed by atoms with Gasteiger partial charge in [0, 0.05) is 25.1 Å². The van der Waals surface area contributed by atoms with Crippen molar-refractivity contribution in [1.29, 1.82) is 0 Å². The standard InChI is InChI=1S/C12H14N2OS/c13-12(16)10-5-2-1-4-9(10)8-14-7-3-6-11(14)15/h1-2,4-5H,3,6-8H2,(H2,13,16). The van der Waals surface area contributed by atoms with Crippen LogP contribution in [0, 0.1) is 0 Å². The molecule has 1 aliphatic rings. The number of nitrogens with zero attached hydrogens (tertiary/aromatic N) is 1. The van der Waals surface area contributed by atoms with E-state index in [2.05, 4.69) is 0 Å². The highest BCUT2D eigenvalue weighted by atomic mass is 32.1. The summed E-state index contributed by atoms with van der Waals surface area (Å²) in [6, 6.07) is 7.72. The molecule has 1 amide bonds. The largest absolute Gasteiger partial charge is 0.389 e. The first kappa shape index (κ1) is 11.1. The minimum Gasteiger partial charge on any atom is -0.389 e. The Morgan fingerprint density at radius 2 is 2.19 bits per heavy atom. The highest BCUT2D eigenvalue weighted by Crippen LogP contribution is 2.16. The van der Waals surface area contributed by atoms with Crippen LogP contribution in [0.15, 0.2) is 24.3 Å². The fraction of sp³-hybridized carbons (Fsp3) is 0.333. The molecule has 16 heavy (non-hydrogen) atoms. The maximum absolute atomic E-state index is 11.5. The highest BCUT2D eigenvalue weighted by Gasteiger charge is 2.21. The molecule has 84 valence electrons. The number of hydrogen-bond acceptors (Lipinski definition) is 2. The van der Waals surface area contributed by atoms with Crippen LogP contribution >= 0.6 is 12.2 Å². The van der Waals surface area contributed by atoms with Gasteiger partial charge in [0.25, 0.3) is 0 Å². The second kappa shape index (κ2) is 4.61. The molecule has 3 nitrogen and oxygen atoms in total. The van der Waals surface area contributed by atoms with Crippen molar-refractivity contribution in [3.8, 4) is 0 Å². The molecular formula is C12H14N2OS. The molecule has 2 N–H and O–H groups in total. The van der Waals surface area contributed by atoms with Crippen molar-refractivity contribution >= 4 is 23.1 Å². The van der Waals surface area contributed by atoms with Crippen LogP contribution in [0.3, 0.4) is 0 Å². The second-order valence-corrected chi connectivity index (χ2v) is 4.38. The second-order valence-electron chi connectivity index (χ2n) is 3.94. The Kier molecular flexibility index (Phi) is 3.19. The maximum Gasteiger partial charge on any atom is 0.222 e. The summed E-state index contributed by atoms with van der Waals surface area (Å²) < 4.78 is 0. The molecule has 1 heterocycles. The van der Waals surface area contributed by atoms with Crippen LogP contribution in [0.1, 0.15) is 24.0 Å². The van der Waals surface area contributed by atoms with Gasteiger partial charge >= 0.3 is 0 Å². The zero-order valence-corrected chi connectivity index (χ0v) is 9.80. The number of carbonyl (C=O) groups is 1. The number of carbonyl (C=O) groups excluding carboxylic acids is 1. The minimum absolute atomic E-state index is 0.220. The lowest BCUT2D eigenvalue weighted by molar-refractivity contribution is -0.128. The Hall–Kier alpha value is -1.42. The number of amides is 1. The Bertz CT molecular complexity index is 431. The predicted molar refractivity (Wildman–Crippen MR) is 67.0 cm³/mol. The average Bonchev–Trinajstić information content (AvgIpc) is 2.65. The Balaban J connectivity index is 2.20. The third-order valence-corrected chi connectivity index (χ3v) is 3.04. The van der Waals surface area contributed by atoms with E-state index >= 15 is 0 Å². The van der Waals surface area contributed by atoms with Gasteiger partial charge in [-0.1, -0.05) is 36.5 Å². The van der Waals surface area contributed by atoms with Crippen LogP contribution in [-0.2, 0) is 11.3 Å². The molecule has 1 aromatic rings. The molecule has 1 saturated heterocycles. The van der Waals surface area contributed by atoms with E-state index in [0.717, 1.165) is 24.1 Å². The molecule has 0 spiro atoms. The molecule has 0 radical (unpaired) electrons. The van der Waals surface area contributed by atoms with Crippen molar-refractivity contribution in [2.45, 2.75) is 19.4 Å². The molecule has 0 atom stereocenters. The summed E-state index contributed by atoms with van der Waals surface area (Å²) in [5.74, 6) is 0.220. The molecule has 2 rings (SSSR count). The van der Waals surface area contributed by atoms with E-state index in [1.165, 1.54) is 0 Å². The van der Waals surface area contributed by atoms with Crippen LogP contribution in [0.5, 0.6) is 0 Å². The van der Waals surface area contributed by atoms with E-state index in [0.29, 0.717) is 18.0 Å². The van der Waals surface area contributed by atoms with E-state index in [4.69, 9.17) is 18.0 Å². The van der Waals surface area contributed by atoms with E-state index < -0.39 is 0 Å². The molecule has 0 aliphatic carbocycles. The van der Waals surface area contributed by atoms with Gasteiger partial charge in [-0.15, -0.1) is 0 Å². The molecule has 1 aromatic carbocycles. The van der Waals surface area contributed by atoms with E-state index in [1.54, 1.807) is 0 Å². The zero-order chi connectivity index (χ0) is 11.5. The number of benzene rings is 1. The lowest BCUT2D eigenvalue weighted by atomic mass is 10.1. The predicted octanol–water partition coefficient (Wildman–Crippen LogP) is 1.44. The smallest absolute Gasteiger partial charge is 0.222 e. The van der Waals surface area contributed by atoms with Crippen molar-refractivity contribution in [2.24, 2.45) is 5.73 Å². The summed E-state index contributed by atoms with van der Waals surface area (Å²) in [5, 5.41) is 0. The first-order valence-electron chi connectivity index (χ1n) is 5.34. The van der Waals surface area contributed by atoms with Gasteiger partial charge in [-0.3, -0.25) is 4.79 Å². The maximum atomic E-state index is 11.5. The monoisotopic (exact) mass is 234 g/mol. The van der Waals surface area contributed by atoms with Crippen LogP contribution < -0.4 is 5.73 Å². The van der Waals surface area contributed by atoms with Crippen molar-refractivity contribution in [2.75, 3.05) is 6.54 Å². The summed E-state index contributed by atoms with van der Waals surface area (Å²) >= 11 is 4.99. The lowest BCUT2D eigenvalue weighted by Gasteiger charge is -2.17. The summed E-state index contributed by atoms with van der Waals surface area (Å²) in [5.41, 5.74) is 7.56. The third kappa shape index (κ3) is 2.22. The quantitative estimate of drug-likeness (QED) is 0.805. The number of likely N-dealkylation sites (tertiary alicyclic amines) is 1. The number of nitrogens with two attached hydrogens (primary N) is 1. The fourth-order valence-electron chi connectivity index (χ4n) is 1.98. The molecule has 1 fully saturated rings. The van der Waals surface area contributed by atoms with Crippen molar-refractivity contribution in [3.05, 3.63) is 35.4 Å². The Labute approximate surface area is 100 Å². The van der Waals surface area contributed by atoms with Crippen LogP contribution in [-0.4, -0.2) is 22.3 Å². The average molecular weight is 234 g/mol. The van der Waals surface area contributed by atoms with Gasteiger partial charge in [-0.25, -0.2) is 0 Å².